The van der Waals surface area contributed by atoms with Gasteiger partial charge in [-0.3, -0.25) is 14.4 Å². The lowest BCUT2D eigenvalue weighted by Crippen LogP contribution is -2.30. The second-order valence-corrected chi connectivity index (χ2v) is 17.4. The van der Waals surface area contributed by atoms with Crippen LogP contribution in [0.5, 0.6) is 0 Å². The largest absolute Gasteiger partial charge is 0.462 e. The van der Waals surface area contributed by atoms with Crippen LogP contribution in [0.3, 0.4) is 0 Å². The van der Waals surface area contributed by atoms with Gasteiger partial charge < -0.3 is 14.2 Å². The Hall–Kier alpha value is -3.15. The van der Waals surface area contributed by atoms with E-state index in [1.54, 1.807) is 0 Å². The third-order valence-corrected chi connectivity index (χ3v) is 11.2. The van der Waals surface area contributed by atoms with Crippen LogP contribution in [-0.2, 0) is 28.6 Å². The van der Waals surface area contributed by atoms with Crippen LogP contribution in [0.25, 0.3) is 0 Å². The Morgan fingerprint density at radius 1 is 0.333 bits per heavy atom. The number of unbranched alkanes of at least 4 members (excludes halogenated alkanes) is 24. The van der Waals surface area contributed by atoms with Crippen LogP contribution in [0.1, 0.15) is 252 Å². The molecule has 0 saturated heterocycles. The molecule has 0 saturated carbocycles. The van der Waals surface area contributed by atoms with Crippen LogP contribution in [0.15, 0.2) is 72.9 Å². The van der Waals surface area contributed by atoms with Gasteiger partial charge in [0.15, 0.2) is 6.10 Å². The summed E-state index contributed by atoms with van der Waals surface area (Å²) in [5, 5.41) is 0. The van der Waals surface area contributed by atoms with E-state index in [2.05, 4.69) is 93.7 Å². The van der Waals surface area contributed by atoms with E-state index in [1.807, 2.05) is 0 Å². The number of carbonyl (C=O) groups excluding carboxylic acids is 3. The molecule has 0 bridgehead atoms. The van der Waals surface area contributed by atoms with Gasteiger partial charge in [0, 0.05) is 19.3 Å². The first-order valence-corrected chi connectivity index (χ1v) is 26.4. The first-order valence-electron chi connectivity index (χ1n) is 26.4. The number of hydrogen-bond acceptors (Lipinski definition) is 6. The molecule has 0 heterocycles. The Balaban J connectivity index is 4.20. The fraction of sp³-hybridized carbons (Fsp3) is 0.737. The highest BCUT2D eigenvalue weighted by molar-refractivity contribution is 5.71. The average molecular weight is 879 g/mol. The number of hydrogen-bond donors (Lipinski definition) is 0. The van der Waals surface area contributed by atoms with Gasteiger partial charge in [-0.05, 0) is 89.9 Å². The molecule has 1 atom stereocenters. The molecule has 63 heavy (non-hydrogen) atoms. The highest BCUT2D eigenvalue weighted by Crippen LogP contribution is 2.14. The fourth-order valence-corrected chi connectivity index (χ4v) is 7.23. The Morgan fingerprint density at radius 3 is 1.02 bits per heavy atom. The number of allylic oxidation sites excluding steroid dienone is 12. The summed E-state index contributed by atoms with van der Waals surface area (Å²) in [4.78, 5) is 37.8. The summed E-state index contributed by atoms with van der Waals surface area (Å²) >= 11 is 0. The second-order valence-electron chi connectivity index (χ2n) is 17.4. The van der Waals surface area contributed by atoms with Crippen LogP contribution < -0.4 is 0 Å². The predicted molar refractivity (Wildman–Crippen MR) is 270 cm³/mol. The molecule has 0 aromatic rings. The Bertz CT molecular complexity index is 1190. The van der Waals surface area contributed by atoms with Gasteiger partial charge in [0.25, 0.3) is 0 Å². The van der Waals surface area contributed by atoms with Gasteiger partial charge in [-0.2, -0.15) is 0 Å². The lowest BCUT2D eigenvalue weighted by atomic mass is 10.1. The van der Waals surface area contributed by atoms with Gasteiger partial charge in [-0.25, -0.2) is 0 Å². The third-order valence-electron chi connectivity index (χ3n) is 11.2. The Kier molecular flexibility index (Phi) is 48.9. The van der Waals surface area contributed by atoms with Crippen molar-refractivity contribution in [2.24, 2.45) is 0 Å². The molecular formula is C57H98O6. The zero-order chi connectivity index (χ0) is 45.8. The zero-order valence-electron chi connectivity index (χ0n) is 41.3. The molecule has 0 fully saturated rings. The molecule has 0 radical (unpaired) electrons. The van der Waals surface area contributed by atoms with Crippen molar-refractivity contribution >= 4 is 17.9 Å². The minimum absolute atomic E-state index is 0.0792. The summed E-state index contributed by atoms with van der Waals surface area (Å²) in [6, 6.07) is 0. The summed E-state index contributed by atoms with van der Waals surface area (Å²) in [6.45, 7) is 6.46. The molecule has 0 aliphatic rings. The quantitative estimate of drug-likeness (QED) is 0.0262. The molecule has 362 valence electrons. The van der Waals surface area contributed by atoms with Crippen LogP contribution in [0.2, 0.25) is 0 Å². The van der Waals surface area contributed by atoms with Crippen LogP contribution in [0.4, 0.5) is 0 Å². The van der Waals surface area contributed by atoms with Gasteiger partial charge in [0.1, 0.15) is 13.2 Å². The van der Waals surface area contributed by atoms with Crippen molar-refractivity contribution in [1.82, 2.24) is 0 Å². The molecule has 0 amide bonds. The Labute approximate surface area is 389 Å². The molecule has 0 aromatic carbocycles. The van der Waals surface area contributed by atoms with E-state index in [4.69, 9.17) is 14.2 Å². The molecule has 1 unspecified atom stereocenters. The molecule has 0 N–H and O–H groups in total. The highest BCUT2D eigenvalue weighted by Gasteiger charge is 2.19. The van der Waals surface area contributed by atoms with E-state index in [-0.39, 0.29) is 31.1 Å². The summed E-state index contributed by atoms with van der Waals surface area (Å²) in [5.41, 5.74) is 0. The fourth-order valence-electron chi connectivity index (χ4n) is 7.23. The Morgan fingerprint density at radius 2 is 0.619 bits per heavy atom. The minimum Gasteiger partial charge on any atom is -0.462 e. The summed E-state index contributed by atoms with van der Waals surface area (Å²) < 4.78 is 16.7. The van der Waals surface area contributed by atoms with E-state index in [9.17, 15) is 14.4 Å². The number of ether oxygens (including phenoxy) is 3. The lowest BCUT2D eigenvalue weighted by molar-refractivity contribution is -0.167. The van der Waals surface area contributed by atoms with Crippen LogP contribution in [-0.4, -0.2) is 37.2 Å². The topological polar surface area (TPSA) is 78.9 Å². The van der Waals surface area contributed by atoms with Gasteiger partial charge in [-0.15, -0.1) is 0 Å². The van der Waals surface area contributed by atoms with Crippen molar-refractivity contribution in [2.45, 2.75) is 258 Å². The highest BCUT2D eigenvalue weighted by atomic mass is 16.6. The zero-order valence-corrected chi connectivity index (χ0v) is 41.3. The molecule has 0 spiro atoms. The van der Waals surface area contributed by atoms with Gasteiger partial charge in [-0.1, -0.05) is 216 Å². The van der Waals surface area contributed by atoms with Crippen molar-refractivity contribution in [3.8, 4) is 0 Å². The molecule has 0 aliphatic heterocycles. The third kappa shape index (κ3) is 49.7. The standard InChI is InChI=1S/C57H98O6/c1-4-7-10-13-16-19-21-23-24-25-26-27-28-29-30-31-32-33-34-35-37-38-41-44-47-50-56(59)62-53-54(52-61-55(58)49-46-43-40-18-15-12-9-6-3)63-57(60)51-48-45-42-39-36-22-20-17-14-11-8-5-2/h7,10,16-17,19-20,23-24,26-27,29-30,54H,4-6,8-9,11-15,18,21-22,25,28,31-53H2,1-3H3/b10-7-,19-16-,20-17-,24-23-,27-26-,30-29-. The number of carbonyl (C=O) groups is 3. The SMILES string of the molecule is CC/C=C\C/C=C\C/C=C\C/C=C\C/C=C\CCCCCCCCCCCC(=O)OCC(COC(=O)CCCCCCCCCC)OC(=O)CCCCCCC/C=C\CCCCC. The van der Waals surface area contributed by atoms with E-state index in [0.29, 0.717) is 19.3 Å². The lowest BCUT2D eigenvalue weighted by Gasteiger charge is -2.18. The van der Waals surface area contributed by atoms with Crippen molar-refractivity contribution in [2.75, 3.05) is 13.2 Å². The first kappa shape index (κ1) is 59.9. The van der Waals surface area contributed by atoms with Crippen molar-refractivity contribution in [3.05, 3.63) is 72.9 Å². The molecule has 6 heteroatoms. The monoisotopic (exact) mass is 879 g/mol. The number of esters is 3. The van der Waals surface area contributed by atoms with Crippen molar-refractivity contribution in [3.63, 3.8) is 0 Å². The van der Waals surface area contributed by atoms with Crippen molar-refractivity contribution in [1.29, 1.82) is 0 Å². The van der Waals surface area contributed by atoms with E-state index < -0.39 is 6.10 Å². The maximum Gasteiger partial charge on any atom is 0.306 e. The van der Waals surface area contributed by atoms with Crippen LogP contribution in [0, 0.1) is 0 Å². The van der Waals surface area contributed by atoms with Crippen molar-refractivity contribution < 1.29 is 28.6 Å². The van der Waals surface area contributed by atoms with E-state index in [0.717, 1.165) is 109 Å². The van der Waals surface area contributed by atoms with Crippen LogP contribution >= 0.6 is 0 Å². The second kappa shape index (κ2) is 51.5. The normalized spacial score (nSPS) is 12.6. The smallest absolute Gasteiger partial charge is 0.306 e. The molecule has 0 aromatic heterocycles. The van der Waals surface area contributed by atoms with E-state index >= 15 is 0 Å². The minimum atomic E-state index is -0.778. The maximum atomic E-state index is 12.7. The van der Waals surface area contributed by atoms with Gasteiger partial charge in [0.05, 0.1) is 0 Å². The van der Waals surface area contributed by atoms with Gasteiger partial charge in [0.2, 0.25) is 0 Å². The molecule has 0 rings (SSSR count). The maximum absolute atomic E-state index is 12.7. The summed E-state index contributed by atoms with van der Waals surface area (Å²) in [5.74, 6) is -0.898. The summed E-state index contributed by atoms with van der Waals surface area (Å²) in [7, 11) is 0. The first-order chi connectivity index (χ1) is 31.0. The van der Waals surface area contributed by atoms with Gasteiger partial charge >= 0.3 is 17.9 Å². The summed E-state index contributed by atoms with van der Waals surface area (Å²) in [6.07, 6.45) is 64.7. The molecular weight excluding hydrogens is 781 g/mol. The molecule has 0 aliphatic carbocycles. The predicted octanol–water partition coefficient (Wildman–Crippen LogP) is 17.4. The average Bonchev–Trinajstić information content (AvgIpc) is 3.28. The molecule has 6 nitrogen and oxygen atoms in total. The number of rotatable bonds is 47. The van der Waals surface area contributed by atoms with E-state index in [1.165, 1.54) is 103 Å².